The van der Waals surface area contributed by atoms with Gasteiger partial charge in [-0.3, -0.25) is 0 Å². The Balaban J connectivity index is 1.60. The number of hydrogen-bond acceptors (Lipinski definition) is 8. The van der Waals surface area contributed by atoms with E-state index in [0.717, 1.165) is 32.0 Å². The predicted octanol–water partition coefficient (Wildman–Crippen LogP) is 3.28. The van der Waals surface area contributed by atoms with E-state index in [2.05, 4.69) is 32.1 Å². The summed E-state index contributed by atoms with van der Waals surface area (Å²) < 4.78 is 41.1. The molecular formula is C24H27F2N5O3. The fourth-order valence-electron chi connectivity index (χ4n) is 4.46. The second-order valence-electron chi connectivity index (χ2n) is 8.77. The van der Waals surface area contributed by atoms with Gasteiger partial charge < -0.3 is 24.8 Å². The van der Waals surface area contributed by atoms with E-state index >= 15 is 4.39 Å². The number of halogens is 2. The quantitative estimate of drug-likeness (QED) is 0.586. The SMILES string of the molecule is C[C@@H]1CNCCN1c1nc(OCC2CCOCC2)nc2nc(-c3c(O)cccc3F)c(F)cc12. The number of anilines is 1. The highest BCUT2D eigenvalue weighted by Crippen LogP contribution is 2.36. The molecule has 1 atom stereocenters. The highest BCUT2D eigenvalue weighted by molar-refractivity contribution is 5.90. The number of nitrogens with one attached hydrogen (secondary N) is 1. The van der Waals surface area contributed by atoms with Crippen molar-refractivity contribution in [2.45, 2.75) is 25.8 Å². The molecule has 8 nitrogen and oxygen atoms in total. The van der Waals surface area contributed by atoms with Gasteiger partial charge in [0.05, 0.1) is 17.6 Å². The zero-order valence-corrected chi connectivity index (χ0v) is 18.9. The molecule has 2 aliphatic heterocycles. The summed E-state index contributed by atoms with van der Waals surface area (Å²) in [4.78, 5) is 15.5. The van der Waals surface area contributed by atoms with E-state index in [0.29, 0.717) is 43.5 Å². The molecule has 4 heterocycles. The molecule has 0 spiro atoms. The van der Waals surface area contributed by atoms with Gasteiger partial charge in [-0.1, -0.05) is 6.07 Å². The van der Waals surface area contributed by atoms with Gasteiger partial charge in [-0.05, 0) is 43.9 Å². The highest BCUT2D eigenvalue weighted by atomic mass is 19.1. The van der Waals surface area contributed by atoms with Crippen LogP contribution >= 0.6 is 0 Å². The number of rotatable bonds is 5. The second-order valence-corrected chi connectivity index (χ2v) is 8.77. The van der Waals surface area contributed by atoms with Crippen LogP contribution in [0.25, 0.3) is 22.3 Å². The van der Waals surface area contributed by atoms with Gasteiger partial charge >= 0.3 is 6.01 Å². The first-order chi connectivity index (χ1) is 16.5. The zero-order chi connectivity index (χ0) is 23.7. The summed E-state index contributed by atoms with van der Waals surface area (Å²) in [6.45, 7) is 6.07. The molecule has 2 fully saturated rings. The largest absolute Gasteiger partial charge is 0.507 e. The van der Waals surface area contributed by atoms with Crippen LogP contribution in [-0.4, -0.2) is 65.6 Å². The number of ether oxygens (including phenoxy) is 2. The maximum absolute atomic E-state index is 15.2. The molecule has 0 amide bonds. The number of pyridine rings is 1. The van der Waals surface area contributed by atoms with Crippen molar-refractivity contribution < 1.29 is 23.4 Å². The van der Waals surface area contributed by atoms with Crippen molar-refractivity contribution in [1.82, 2.24) is 20.3 Å². The van der Waals surface area contributed by atoms with Gasteiger partial charge in [0, 0.05) is 38.9 Å². The summed E-state index contributed by atoms with van der Waals surface area (Å²) in [7, 11) is 0. The minimum Gasteiger partial charge on any atom is -0.507 e. The Morgan fingerprint density at radius 2 is 2.00 bits per heavy atom. The molecule has 180 valence electrons. The first-order valence-corrected chi connectivity index (χ1v) is 11.6. The molecule has 0 aliphatic carbocycles. The van der Waals surface area contributed by atoms with E-state index in [4.69, 9.17) is 9.47 Å². The van der Waals surface area contributed by atoms with Gasteiger partial charge in [0.15, 0.2) is 11.5 Å². The smallest absolute Gasteiger partial charge is 0.320 e. The van der Waals surface area contributed by atoms with Crippen molar-refractivity contribution in [3.63, 3.8) is 0 Å². The molecule has 5 rings (SSSR count). The van der Waals surface area contributed by atoms with E-state index in [9.17, 15) is 9.50 Å². The first-order valence-electron chi connectivity index (χ1n) is 11.6. The molecule has 2 aromatic heterocycles. The first kappa shape index (κ1) is 22.7. The molecule has 2 aliphatic rings. The Morgan fingerprint density at radius 3 is 2.76 bits per heavy atom. The number of piperazine rings is 1. The number of phenols is 1. The number of fused-ring (bicyclic) bond motifs is 1. The molecule has 0 bridgehead atoms. The van der Waals surface area contributed by atoms with E-state index < -0.39 is 17.4 Å². The topological polar surface area (TPSA) is 92.6 Å². The Hall–Kier alpha value is -3.11. The van der Waals surface area contributed by atoms with Gasteiger partial charge in [0.2, 0.25) is 0 Å². The molecule has 10 heteroatoms. The number of benzene rings is 1. The van der Waals surface area contributed by atoms with Crippen LogP contribution in [0.3, 0.4) is 0 Å². The van der Waals surface area contributed by atoms with Crippen molar-refractivity contribution in [2.24, 2.45) is 5.92 Å². The normalized spacial score (nSPS) is 19.5. The van der Waals surface area contributed by atoms with Crippen molar-refractivity contribution in [1.29, 1.82) is 0 Å². The fourth-order valence-corrected chi connectivity index (χ4v) is 4.46. The molecular weight excluding hydrogens is 444 g/mol. The molecule has 1 aromatic carbocycles. The van der Waals surface area contributed by atoms with Crippen LogP contribution in [0.1, 0.15) is 19.8 Å². The van der Waals surface area contributed by atoms with Crippen LogP contribution in [-0.2, 0) is 4.74 Å². The van der Waals surface area contributed by atoms with E-state index in [-0.39, 0.29) is 29.0 Å². The molecule has 3 aromatic rings. The van der Waals surface area contributed by atoms with Gasteiger partial charge in [-0.15, -0.1) is 0 Å². The highest BCUT2D eigenvalue weighted by Gasteiger charge is 2.26. The van der Waals surface area contributed by atoms with Gasteiger partial charge in [-0.2, -0.15) is 9.97 Å². The van der Waals surface area contributed by atoms with Gasteiger partial charge in [0.25, 0.3) is 0 Å². The average Bonchev–Trinajstić information content (AvgIpc) is 2.84. The second kappa shape index (κ2) is 9.63. The Morgan fingerprint density at radius 1 is 1.18 bits per heavy atom. The molecule has 0 radical (unpaired) electrons. The monoisotopic (exact) mass is 471 g/mol. The Bertz CT molecular complexity index is 1170. The number of phenolic OH excluding ortho intramolecular Hbond substituents is 1. The van der Waals surface area contributed by atoms with Crippen molar-refractivity contribution in [2.75, 3.05) is 44.4 Å². The van der Waals surface area contributed by atoms with Crippen LogP contribution in [0.2, 0.25) is 0 Å². The number of nitrogens with zero attached hydrogens (tertiary/aromatic N) is 4. The van der Waals surface area contributed by atoms with Crippen molar-refractivity contribution in [3.05, 3.63) is 35.9 Å². The summed E-state index contributed by atoms with van der Waals surface area (Å²) in [5.74, 6) is -1.08. The minimum atomic E-state index is -0.772. The summed E-state index contributed by atoms with van der Waals surface area (Å²) in [5.41, 5.74) is -0.435. The molecule has 0 unspecified atom stereocenters. The Kier molecular flexibility index (Phi) is 6.42. The molecule has 2 saturated heterocycles. The lowest BCUT2D eigenvalue weighted by Gasteiger charge is -2.35. The molecule has 34 heavy (non-hydrogen) atoms. The third-order valence-corrected chi connectivity index (χ3v) is 6.39. The lowest BCUT2D eigenvalue weighted by Crippen LogP contribution is -2.50. The Labute approximate surface area is 195 Å². The standard InChI is InChI=1S/C24H27F2N5O3/c1-14-12-27-7-8-31(14)23-16-11-18(26)21(20-17(25)3-2-4-19(20)32)28-22(16)29-24(30-23)34-13-15-5-9-33-10-6-15/h2-4,11,14-15,27,32H,5-10,12-13H2,1H3/t14-/m1/s1. The molecule has 2 N–H and O–H groups in total. The summed E-state index contributed by atoms with van der Waals surface area (Å²) in [6, 6.07) is 5.30. The van der Waals surface area contributed by atoms with Crippen molar-refractivity contribution in [3.8, 4) is 23.0 Å². The summed E-state index contributed by atoms with van der Waals surface area (Å²) in [5, 5.41) is 13.9. The van der Waals surface area contributed by atoms with Crippen LogP contribution in [0.15, 0.2) is 24.3 Å². The van der Waals surface area contributed by atoms with Crippen LogP contribution < -0.4 is 15.0 Å². The average molecular weight is 472 g/mol. The zero-order valence-electron chi connectivity index (χ0n) is 18.9. The number of hydrogen-bond donors (Lipinski definition) is 2. The predicted molar refractivity (Wildman–Crippen MR) is 123 cm³/mol. The minimum absolute atomic E-state index is 0.105. The number of aromatic hydroxyl groups is 1. The van der Waals surface area contributed by atoms with Crippen LogP contribution in [0, 0.1) is 17.6 Å². The van der Waals surface area contributed by atoms with Gasteiger partial charge in [0.1, 0.15) is 23.1 Å². The van der Waals surface area contributed by atoms with Crippen molar-refractivity contribution >= 4 is 16.9 Å². The third-order valence-electron chi connectivity index (χ3n) is 6.39. The van der Waals surface area contributed by atoms with E-state index in [1.165, 1.54) is 18.2 Å². The van der Waals surface area contributed by atoms with E-state index in [1.54, 1.807) is 0 Å². The van der Waals surface area contributed by atoms with Crippen LogP contribution in [0.4, 0.5) is 14.6 Å². The van der Waals surface area contributed by atoms with Crippen LogP contribution in [0.5, 0.6) is 11.8 Å². The summed E-state index contributed by atoms with van der Waals surface area (Å²) >= 11 is 0. The third kappa shape index (κ3) is 4.47. The van der Waals surface area contributed by atoms with E-state index in [1.807, 2.05) is 0 Å². The van der Waals surface area contributed by atoms with Gasteiger partial charge in [-0.25, -0.2) is 13.8 Å². The maximum Gasteiger partial charge on any atom is 0.320 e. The lowest BCUT2D eigenvalue weighted by atomic mass is 10.0. The summed E-state index contributed by atoms with van der Waals surface area (Å²) in [6.07, 6.45) is 1.80. The maximum atomic E-state index is 15.2. The molecule has 0 saturated carbocycles. The lowest BCUT2D eigenvalue weighted by molar-refractivity contribution is 0.0483. The fraction of sp³-hybridized carbons (Fsp3) is 0.458. The number of aromatic nitrogens is 3.